The molecule has 112 valence electrons. The van der Waals surface area contributed by atoms with E-state index >= 15 is 0 Å². The second-order valence-corrected chi connectivity index (χ2v) is 11.1. The first-order valence-electron chi connectivity index (χ1n) is 6.85. The third kappa shape index (κ3) is 2.82. The first kappa shape index (κ1) is 14.9. The van der Waals surface area contributed by atoms with Gasteiger partial charge in [0.25, 0.3) is 0 Å². The fourth-order valence-corrected chi connectivity index (χ4v) is 3.76. The van der Waals surface area contributed by atoms with Gasteiger partial charge >= 0.3 is 5.97 Å². The van der Waals surface area contributed by atoms with Gasteiger partial charge in [0.2, 0.25) is 0 Å². The van der Waals surface area contributed by atoms with Crippen LogP contribution in [0.1, 0.15) is 11.1 Å². The van der Waals surface area contributed by atoms with Gasteiger partial charge in [0.05, 0.1) is 14.5 Å². The molecule has 22 heavy (non-hydrogen) atoms. The molecule has 0 bridgehead atoms. The molecule has 1 unspecified atom stereocenters. The molecule has 3 rings (SSSR count). The molecule has 0 saturated heterocycles. The van der Waals surface area contributed by atoms with Crippen LogP contribution in [0.5, 0.6) is 0 Å². The maximum atomic E-state index is 12.1. The van der Waals surface area contributed by atoms with E-state index in [9.17, 15) is 9.00 Å². The summed E-state index contributed by atoms with van der Waals surface area (Å²) < 4.78 is 17.3. The highest BCUT2D eigenvalue weighted by molar-refractivity contribution is 8.04. The Morgan fingerprint density at radius 3 is 2.23 bits per heavy atom. The molecule has 3 nitrogen and oxygen atoms in total. The Bertz CT molecular complexity index is 851. The molecule has 5 heteroatoms. The number of cyclic esters (lactones) is 1. The van der Waals surface area contributed by atoms with E-state index in [-0.39, 0.29) is 12.6 Å². The molecule has 0 saturated carbocycles. The monoisotopic (exact) mass is 328 g/mol. The Labute approximate surface area is 132 Å². The molecule has 0 spiro atoms. The highest BCUT2D eigenvalue weighted by Gasteiger charge is 2.26. The number of carbonyl (C=O) groups is 1. The van der Waals surface area contributed by atoms with Crippen LogP contribution in [0.2, 0.25) is 0 Å². The van der Waals surface area contributed by atoms with E-state index in [1.807, 2.05) is 54.6 Å². The van der Waals surface area contributed by atoms with E-state index in [1.165, 1.54) is 8.95 Å². The Morgan fingerprint density at radius 1 is 1.00 bits per heavy atom. The van der Waals surface area contributed by atoms with Crippen LogP contribution in [0, 0.1) is 0 Å². The highest BCUT2D eigenvalue weighted by Crippen LogP contribution is 2.33. The van der Waals surface area contributed by atoms with Gasteiger partial charge in [-0.1, -0.05) is 42.5 Å². The van der Waals surface area contributed by atoms with Gasteiger partial charge in [-0.25, -0.2) is 4.79 Å². The molecule has 1 aliphatic rings. The summed E-state index contributed by atoms with van der Waals surface area (Å²) in [6.45, 7) is 0.276. The summed E-state index contributed by atoms with van der Waals surface area (Å²) in [7, 11) is -0.453. The Balaban J connectivity index is 2.09. The number of esters is 1. The smallest absolute Gasteiger partial charge is 0.339 e. The average molecular weight is 328 g/mol. The van der Waals surface area contributed by atoms with Crippen molar-refractivity contribution < 1.29 is 13.7 Å². The van der Waals surface area contributed by atoms with E-state index in [4.69, 9.17) is 4.74 Å². The second-order valence-electron chi connectivity index (χ2n) is 5.33. The molecule has 1 heterocycles. The summed E-state index contributed by atoms with van der Waals surface area (Å²) in [5, 5.41) is 0. The standard InChI is InChI=1S/C17H16O3SSi/c1-21(19,22)14-9-7-12(8-10-14)15-11-20-17(18)16(15)13-5-3-2-4-6-13/h2-10H,11,22H2,1H3. The minimum atomic E-state index is -1.96. The predicted octanol–water partition coefficient (Wildman–Crippen LogP) is 1.98. The number of benzene rings is 2. The molecule has 0 aromatic heterocycles. The van der Waals surface area contributed by atoms with E-state index in [2.05, 4.69) is 0 Å². The van der Waals surface area contributed by atoms with Crippen molar-refractivity contribution >= 4 is 35.0 Å². The zero-order chi connectivity index (χ0) is 15.7. The van der Waals surface area contributed by atoms with Crippen molar-refractivity contribution in [2.75, 3.05) is 12.9 Å². The van der Waals surface area contributed by atoms with E-state index in [1.54, 1.807) is 6.26 Å². The van der Waals surface area contributed by atoms with Crippen LogP contribution in [0.3, 0.4) is 0 Å². The topological polar surface area (TPSA) is 43.4 Å². The van der Waals surface area contributed by atoms with Crippen LogP contribution >= 0.6 is 0 Å². The van der Waals surface area contributed by atoms with Crippen molar-refractivity contribution in [3.63, 3.8) is 0 Å². The fourth-order valence-electron chi connectivity index (χ4n) is 2.47. The predicted molar refractivity (Wildman–Crippen MR) is 91.5 cm³/mol. The number of hydrogen-bond acceptors (Lipinski definition) is 3. The van der Waals surface area contributed by atoms with Crippen LogP contribution < -0.4 is 0 Å². The van der Waals surface area contributed by atoms with Crippen molar-refractivity contribution in [2.45, 2.75) is 4.90 Å². The number of hydrogen-bond donors (Lipinski definition) is 0. The fraction of sp³-hybridized carbons (Fsp3) is 0.118. The SMILES string of the molecule is CS(=O)(=[SiH2])c1ccc(C2=C(c3ccccc3)C(=O)OC2)cc1. The molecular weight excluding hydrogens is 312 g/mol. The van der Waals surface area contributed by atoms with Crippen LogP contribution in [-0.2, 0) is 18.5 Å². The molecular formula is C17H16O3SSi. The molecule has 0 radical (unpaired) electrons. The minimum absolute atomic E-state index is 0.276. The number of rotatable bonds is 3. The maximum absolute atomic E-state index is 12.1. The summed E-state index contributed by atoms with van der Waals surface area (Å²) in [5.74, 6) is -0.290. The normalized spacial score (nSPS) is 17.2. The lowest BCUT2D eigenvalue weighted by molar-refractivity contribution is -0.133. The highest BCUT2D eigenvalue weighted by atomic mass is 32.3. The first-order valence-corrected chi connectivity index (χ1v) is 10.7. The van der Waals surface area contributed by atoms with Crippen molar-refractivity contribution in [1.82, 2.24) is 0 Å². The maximum Gasteiger partial charge on any atom is 0.339 e. The summed E-state index contributed by atoms with van der Waals surface area (Å²) in [4.78, 5) is 12.9. The number of ether oxygens (including phenoxy) is 1. The molecule has 0 N–H and O–H groups in total. The first-order chi connectivity index (χ1) is 10.5. The zero-order valence-electron chi connectivity index (χ0n) is 12.2. The molecule has 2 aromatic carbocycles. The molecule has 2 aromatic rings. The Morgan fingerprint density at radius 2 is 1.64 bits per heavy atom. The van der Waals surface area contributed by atoms with Gasteiger partial charge in [-0.2, -0.15) is 0 Å². The third-order valence-electron chi connectivity index (χ3n) is 3.62. The van der Waals surface area contributed by atoms with E-state index < -0.39 is 8.93 Å². The van der Waals surface area contributed by atoms with Crippen molar-refractivity contribution in [2.24, 2.45) is 0 Å². The van der Waals surface area contributed by atoms with Gasteiger partial charge in [0.15, 0.2) is 0 Å². The third-order valence-corrected chi connectivity index (χ3v) is 5.89. The van der Waals surface area contributed by atoms with Gasteiger partial charge in [-0.15, -0.1) is 0 Å². The largest absolute Gasteiger partial charge is 0.457 e. The van der Waals surface area contributed by atoms with Gasteiger partial charge in [0.1, 0.15) is 6.61 Å². The summed E-state index contributed by atoms with van der Waals surface area (Å²) in [5.41, 5.74) is 3.29. The van der Waals surface area contributed by atoms with Crippen molar-refractivity contribution in [3.8, 4) is 0 Å². The molecule has 0 amide bonds. The van der Waals surface area contributed by atoms with E-state index in [0.717, 1.165) is 21.6 Å². The molecule has 0 aliphatic carbocycles. The summed E-state index contributed by atoms with van der Waals surface area (Å²) >= 11 is 0. The van der Waals surface area contributed by atoms with Crippen LogP contribution in [0.4, 0.5) is 0 Å². The lowest BCUT2D eigenvalue weighted by atomic mass is 9.97. The average Bonchev–Trinajstić information content (AvgIpc) is 2.89. The van der Waals surface area contributed by atoms with Crippen molar-refractivity contribution in [1.29, 1.82) is 0 Å². The van der Waals surface area contributed by atoms with Gasteiger partial charge in [0, 0.05) is 16.7 Å². The van der Waals surface area contributed by atoms with Crippen LogP contribution in [0.15, 0.2) is 59.5 Å². The molecule has 0 fully saturated rings. The van der Waals surface area contributed by atoms with Crippen molar-refractivity contribution in [3.05, 3.63) is 65.7 Å². The van der Waals surface area contributed by atoms with Crippen LogP contribution in [0.25, 0.3) is 11.1 Å². The summed E-state index contributed by atoms with van der Waals surface area (Å²) in [6, 6.07) is 17.1. The van der Waals surface area contributed by atoms with Gasteiger partial charge in [-0.05, 0) is 32.2 Å². The molecule has 1 aliphatic heterocycles. The second kappa shape index (κ2) is 5.66. The van der Waals surface area contributed by atoms with Gasteiger partial charge in [-0.3, -0.25) is 4.21 Å². The quantitative estimate of drug-likeness (QED) is 0.639. The van der Waals surface area contributed by atoms with Crippen LogP contribution in [-0.4, -0.2) is 32.0 Å². The minimum Gasteiger partial charge on any atom is -0.457 e. The lowest BCUT2D eigenvalue weighted by Crippen LogP contribution is -1.98. The Kier molecular flexibility index (Phi) is 3.84. The lowest BCUT2D eigenvalue weighted by Gasteiger charge is -2.07. The molecule has 1 atom stereocenters. The summed E-state index contributed by atoms with van der Waals surface area (Å²) in [6.07, 6.45) is 1.73. The zero-order valence-corrected chi connectivity index (χ0v) is 14.5. The van der Waals surface area contributed by atoms with Gasteiger partial charge < -0.3 is 4.74 Å². The number of carbonyl (C=O) groups excluding carboxylic acids is 1. The van der Waals surface area contributed by atoms with E-state index in [0.29, 0.717) is 5.57 Å². The Hall–Kier alpha value is -1.98.